The number of aliphatic imine (C=N–C) groups is 1. The number of amidine groups is 1. The van der Waals surface area contributed by atoms with Crippen LogP contribution in [0, 0.1) is 0 Å². The number of rotatable bonds is 5. The molecule has 1 N–H and O–H groups in total. The number of para-hydroxylation sites is 2. The second-order valence-corrected chi connectivity index (χ2v) is 6.46. The molecular formula is C19H21N3OS. The van der Waals surface area contributed by atoms with Crippen LogP contribution < -0.4 is 10.2 Å². The Kier molecular flexibility index (Phi) is 5.54. The lowest BCUT2D eigenvalue weighted by atomic mass is 10.1. The van der Waals surface area contributed by atoms with E-state index in [9.17, 15) is 0 Å². The second kappa shape index (κ2) is 8.02. The van der Waals surface area contributed by atoms with Crippen molar-refractivity contribution in [3.05, 3.63) is 59.7 Å². The predicted molar refractivity (Wildman–Crippen MR) is 103 cm³/mol. The van der Waals surface area contributed by atoms with Crippen LogP contribution in [-0.2, 0) is 6.42 Å². The molecule has 1 heterocycles. The van der Waals surface area contributed by atoms with Gasteiger partial charge in [0.25, 0.3) is 0 Å². The van der Waals surface area contributed by atoms with Gasteiger partial charge in [-0.25, -0.2) is 4.99 Å². The molecule has 0 radical (unpaired) electrons. The lowest BCUT2D eigenvalue weighted by molar-refractivity contribution is 0.416. The van der Waals surface area contributed by atoms with Crippen LogP contribution in [-0.4, -0.2) is 23.7 Å². The number of aryl methyl sites for hydroxylation is 1. The molecular weight excluding hydrogens is 318 g/mol. The third-order valence-electron chi connectivity index (χ3n) is 3.77. The number of thioether (sulfide) groups is 1. The van der Waals surface area contributed by atoms with Gasteiger partial charge in [0.05, 0.1) is 12.8 Å². The average Bonchev–Trinajstić information content (AvgIpc) is 2.64. The molecule has 1 aliphatic heterocycles. The molecule has 0 unspecified atom stereocenters. The summed E-state index contributed by atoms with van der Waals surface area (Å²) in [4.78, 5) is 4.59. The van der Waals surface area contributed by atoms with Gasteiger partial charge >= 0.3 is 0 Å². The lowest BCUT2D eigenvalue weighted by Gasteiger charge is -2.15. The normalized spacial score (nSPS) is 15.8. The van der Waals surface area contributed by atoms with Gasteiger partial charge in [-0.2, -0.15) is 5.10 Å². The first-order chi connectivity index (χ1) is 11.8. The van der Waals surface area contributed by atoms with Crippen molar-refractivity contribution >= 4 is 28.3 Å². The van der Waals surface area contributed by atoms with Gasteiger partial charge in [0.2, 0.25) is 0 Å². The number of methoxy groups -OCH3 is 1. The molecule has 0 saturated carbocycles. The van der Waals surface area contributed by atoms with Crippen LogP contribution in [0.2, 0.25) is 0 Å². The van der Waals surface area contributed by atoms with Crippen molar-refractivity contribution in [3.8, 4) is 5.75 Å². The fourth-order valence-corrected chi connectivity index (χ4v) is 3.28. The largest absolute Gasteiger partial charge is 0.494 e. The molecule has 4 nitrogen and oxygen atoms in total. The van der Waals surface area contributed by atoms with Gasteiger partial charge in [-0.3, -0.25) is 5.43 Å². The molecule has 5 heteroatoms. The average molecular weight is 339 g/mol. The van der Waals surface area contributed by atoms with E-state index in [4.69, 9.17) is 4.74 Å². The molecule has 3 rings (SSSR count). The molecule has 2 aromatic carbocycles. The topological polar surface area (TPSA) is 46.0 Å². The number of nitrogens with one attached hydrogen (secondary N) is 1. The minimum Gasteiger partial charge on any atom is -0.494 e. The van der Waals surface area contributed by atoms with E-state index in [0.29, 0.717) is 0 Å². The minimum atomic E-state index is 0.758. The highest BCUT2D eigenvalue weighted by Crippen LogP contribution is 2.28. The molecule has 0 bridgehead atoms. The van der Waals surface area contributed by atoms with E-state index in [2.05, 4.69) is 46.7 Å². The van der Waals surface area contributed by atoms with E-state index < -0.39 is 0 Å². The number of nitrogens with zero attached hydrogens (tertiary/aromatic N) is 2. The van der Waals surface area contributed by atoms with Crippen LogP contribution >= 0.6 is 11.8 Å². The SMILES string of the molecule is CCCc1ccc(C2=NNC(=Nc3ccccc3OC)SC2)cc1. The molecule has 1 aliphatic rings. The van der Waals surface area contributed by atoms with E-state index in [1.54, 1.807) is 18.9 Å². The number of hydrogen-bond acceptors (Lipinski definition) is 4. The van der Waals surface area contributed by atoms with Crippen molar-refractivity contribution in [1.29, 1.82) is 0 Å². The van der Waals surface area contributed by atoms with E-state index in [1.807, 2.05) is 24.3 Å². The van der Waals surface area contributed by atoms with Gasteiger partial charge in [-0.15, -0.1) is 0 Å². The molecule has 0 amide bonds. The molecule has 0 spiro atoms. The summed E-state index contributed by atoms with van der Waals surface area (Å²) in [6.45, 7) is 2.20. The number of hydrazone groups is 1. The molecule has 124 valence electrons. The third kappa shape index (κ3) is 3.97. The molecule has 0 aliphatic carbocycles. The Morgan fingerprint density at radius 3 is 2.62 bits per heavy atom. The van der Waals surface area contributed by atoms with Crippen molar-refractivity contribution < 1.29 is 4.74 Å². The first kappa shape index (κ1) is 16.6. The van der Waals surface area contributed by atoms with Crippen molar-refractivity contribution in [2.24, 2.45) is 10.1 Å². The van der Waals surface area contributed by atoms with Crippen molar-refractivity contribution in [1.82, 2.24) is 5.43 Å². The van der Waals surface area contributed by atoms with Gasteiger partial charge in [0.15, 0.2) is 5.17 Å². The zero-order chi connectivity index (χ0) is 16.8. The quantitative estimate of drug-likeness (QED) is 0.879. The fraction of sp³-hybridized carbons (Fsp3) is 0.263. The Bertz CT molecular complexity index is 753. The van der Waals surface area contributed by atoms with Gasteiger partial charge < -0.3 is 4.74 Å². The Hall–Kier alpha value is -2.27. The molecule has 24 heavy (non-hydrogen) atoms. The summed E-state index contributed by atoms with van der Waals surface area (Å²) in [6.07, 6.45) is 2.29. The summed E-state index contributed by atoms with van der Waals surface area (Å²) in [5, 5.41) is 5.27. The summed E-state index contributed by atoms with van der Waals surface area (Å²) in [7, 11) is 1.65. The summed E-state index contributed by atoms with van der Waals surface area (Å²) in [5.74, 6) is 1.56. The molecule has 0 saturated heterocycles. The van der Waals surface area contributed by atoms with Crippen LogP contribution in [0.3, 0.4) is 0 Å². The smallest absolute Gasteiger partial charge is 0.182 e. The van der Waals surface area contributed by atoms with Crippen LogP contribution in [0.15, 0.2) is 58.6 Å². The highest BCUT2D eigenvalue weighted by molar-refractivity contribution is 8.14. The van der Waals surface area contributed by atoms with Crippen LogP contribution in [0.5, 0.6) is 5.75 Å². The standard InChI is InChI=1S/C19H21N3OS/c1-3-6-14-9-11-15(12-10-14)17-13-24-19(22-21-17)20-16-7-4-5-8-18(16)23-2/h4-5,7-12H,3,6,13H2,1-2H3,(H,20,22). The zero-order valence-electron chi connectivity index (χ0n) is 14.0. The maximum absolute atomic E-state index is 5.33. The first-order valence-electron chi connectivity index (χ1n) is 8.06. The zero-order valence-corrected chi connectivity index (χ0v) is 14.8. The Labute approximate surface area is 147 Å². The van der Waals surface area contributed by atoms with Crippen LogP contribution in [0.25, 0.3) is 0 Å². The second-order valence-electron chi connectivity index (χ2n) is 5.49. The summed E-state index contributed by atoms with van der Waals surface area (Å²) in [5.41, 5.74) is 7.43. The maximum atomic E-state index is 5.33. The van der Waals surface area contributed by atoms with Gasteiger partial charge in [0, 0.05) is 5.75 Å². The predicted octanol–water partition coefficient (Wildman–Crippen LogP) is 4.38. The Morgan fingerprint density at radius 2 is 1.96 bits per heavy atom. The number of ether oxygens (including phenoxy) is 1. The molecule has 0 atom stereocenters. The van der Waals surface area contributed by atoms with E-state index in [-0.39, 0.29) is 0 Å². The minimum absolute atomic E-state index is 0.758. The summed E-state index contributed by atoms with van der Waals surface area (Å²) in [6, 6.07) is 16.4. The van der Waals surface area contributed by atoms with Crippen molar-refractivity contribution in [3.63, 3.8) is 0 Å². The number of benzene rings is 2. The van der Waals surface area contributed by atoms with Crippen molar-refractivity contribution in [2.45, 2.75) is 19.8 Å². The first-order valence-corrected chi connectivity index (χ1v) is 9.05. The van der Waals surface area contributed by atoms with E-state index in [0.717, 1.165) is 40.1 Å². The Balaban J connectivity index is 1.72. The van der Waals surface area contributed by atoms with Crippen LogP contribution in [0.4, 0.5) is 5.69 Å². The van der Waals surface area contributed by atoms with E-state index in [1.165, 1.54) is 12.0 Å². The van der Waals surface area contributed by atoms with Crippen molar-refractivity contribution in [2.75, 3.05) is 12.9 Å². The molecule has 0 fully saturated rings. The summed E-state index contributed by atoms with van der Waals surface area (Å²) >= 11 is 1.65. The Morgan fingerprint density at radius 1 is 1.17 bits per heavy atom. The third-order valence-corrected chi connectivity index (χ3v) is 4.64. The molecule has 0 aromatic heterocycles. The van der Waals surface area contributed by atoms with Crippen LogP contribution in [0.1, 0.15) is 24.5 Å². The monoisotopic (exact) mass is 339 g/mol. The summed E-state index contributed by atoms with van der Waals surface area (Å²) < 4.78 is 5.33. The van der Waals surface area contributed by atoms with E-state index >= 15 is 0 Å². The highest BCUT2D eigenvalue weighted by Gasteiger charge is 2.13. The van der Waals surface area contributed by atoms with Gasteiger partial charge in [0.1, 0.15) is 11.4 Å². The van der Waals surface area contributed by atoms with Gasteiger partial charge in [-0.05, 0) is 29.7 Å². The lowest BCUT2D eigenvalue weighted by Crippen LogP contribution is -2.25. The fourth-order valence-electron chi connectivity index (χ4n) is 2.51. The highest BCUT2D eigenvalue weighted by atomic mass is 32.2. The number of hydrogen-bond donors (Lipinski definition) is 1. The maximum Gasteiger partial charge on any atom is 0.182 e. The van der Waals surface area contributed by atoms with Gasteiger partial charge in [-0.1, -0.05) is 61.5 Å². The molecule has 2 aromatic rings.